The van der Waals surface area contributed by atoms with Gasteiger partial charge in [0.2, 0.25) is 17.7 Å². The third-order valence-electron chi connectivity index (χ3n) is 4.65. The van der Waals surface area contributed by atoms with Crippen LogP contribution in [0.3, 0.4) is 0 Å². The van der Waals surface area contributed by atoms with Crippen LogP contribution in [0.4, 0.5) is 0 Å². The molecule has 0 fully saturated rings. The van der Waals surface area contributed by atoms with Gasteiger partial charge in [-0.2, -0.15) is 12.6 Å². The molecule has 0 saturated carbocycles. The fourth-order valence-electron chi connectivity index (χ4n) is 2.48. The minimum atomic E-state index is -1.48. The molecule has 0 spiro atoms. The van der Waals surface area contributed by atoms with Crippen molar-refractivity contribution in [2.24, 2.45) is 11.7 Å². The highest BCUT2D eigenvalue weighted by molar-refractivity contribution is 7.80. The topological polar surface area (TPSA) is 208 Å². The second kappa shape index (κ2) is 13.8. The van der Waals surface area contributed by atoms with E-state index in [1.54, 1.807) is 13.8 Å². The summed E-state index contributed by atoms with van der Waals surface area (Å²) in [5.41, 5.74) is 5.53. The van der Waals surface area contributed by atoms with Crippen molar-refractivity contribution in [3.8, 4) is 0 Å². The van der Waals surface area contributed by atoms with Gasteiger partial charge in [-0.15, -0.1) is 0 Å². The van der Waals surface area contributed by atoms with E-state index in [4.69, 9.17) is 10.8 Å². The molecule has 0 saturated heterocycles. The number of amides is 3. The molecule has 3 amide bonds. The van der Waals surface area contributed by atoms with Crippen molar-refractivity contribution in [1.82, 2.24) is 16.0 Å². The van der Waals surface area contributed by atoms with E-state index in [1.807, 2.05) is 0 Å². The highest BCUT2D eigenvalue weighted by atomic mass is 32.1. The fraction of sp³-hybridized carbons (Fsp3) is 0.722. The molecule has 0 aliphatic carbocycles. The summed E-state index contributed by atoms with van der Waals surface area (Å²) in [7, 11) is 0. The Hall–Kier alpha value is -2.38. The molecular weight excluding hydrogens is 432 g/mol. The van der Waals surface area contributed by atoms with Crippen molar-refractivity contribution in [1.29, 1.82) is 0 Å². The van der Waals surface area contributed by atoms with Crippen LogP contribution in [0.2, 0.25) is 0 Å². The Morgan fingerprint density at radius 3 is 1.90 bits per heavy atom. The Morgan fingerprint density at radius 1 is 0.935 bits per heavy atom. The molecule has 0 aromatic rings. The third-order valence-corrected chi connectivity index (χ3v) is 5.05. The van der Waals surface area contributed by atoms with Gasteiger partial charge in [-0.3, -0.25) is 19.2 Å². The van der Waals surface area contributed by atoms with Crippen molar-refractivity contribution in [2.45, 2.75) is 70.3 Å². The van der Waals surface area contributed by atoms with E-state index in [9.17, 15) is 34.2 Å². The van der Waals surface area contributed by atoms with Crippen molar-refractivity contribution in [3.05, 3.63) is 0 Å². The van der Waals surface area contributed by atoms with Gasteiger partial charge < -0.3 is 37.0 Å². The van der Waals surface area contributed by atoms with Crippen LogP contribution in [-0.2, 0) is 24.0 Å². The van der Waals surface area contributed by atoms with E-state index in [2.05, 4.69) is 28.6 Å². The molecule has 31 heavy (non-hydrogen) atoms. The van der Waals surface area contributed by atoms with Gasteiger partial charge >= 0.3 is 11.9 Å². The second-order valence-corrected chi connectivity index (χ2v) is 7.58. The lowest BCUT2D eigenvalue weighted by Crippen LogP contribution is -2.60. The van der Waals surface area contributed by atoms with Gasteiger partial charge in [-0.05, 0) is 19.3 Å². The highest BCUT2D eigenvalue weighted by Gasteiger charge is 2.33. The first-order valence-electron chi connectivity index (χ1n) is 9.75. The van der Waals surface area contributed by atoms with Gasteiger partial charge in [0, 0.05) is 12.2 Å². The van der Waals surface area contributed by atoms with Gasteiger partial charge in [0.25, 0.3) is 0 Å². The van der Waals surface area contributed by atoms with Crippen LogP contribution in [0.5, 0.6) is 0 Å². The van der Waals surface area contributed by atoms with Crippen molar-refractivity contribution < 1.29 is 39.3 Å². The normalized spacial score (nSPS) is 16.7. The molecule has 178 valence electrons. The van der Waals surface area contributed by atoms with E-state index >= 15 is 0 Å². The van der Waals surface area contributed by atoms with Crippen LogP contribution in [0.25, 0.3) is 0 Å². The number of hydrogen-bond donors (Lipinski definition) is 8. The molecule has 0 radical (unpaired) electrons. The average Bonchev–Trinajstić information content (AvgIpc) is 2.70. The molecule has 13 heteroatoms. The zero-order chi connectivity index (χ0) is 24.3. The number of rotatable bonds is 14. The number of nitrogens with two attached hydrogens (primary N) is 1. The third kappa shape index (κ3) is 9.98. The SMILES string of the molecule is CCC(C)C(NC(=O)C(CCC(=O)O)NC(=O)C(NC(=O)C(N)CS)C(C)O)C(=O)O. The zero-order valence-electron chi connectivity index (χ0n) is 17.7. The predicted octanol–water partition coefficient (Wildman–Crippen LogP) is -1.93. The van der Waals surface area contributed by atoms with Gasteiger partial charge in [0.15, 0.2) is 0 Å². The summed E-state index contributed by atoms with van der Waals surface area (Å²) in [6, 6.07) is -5.19. The summed E-state index contributed by atoms with van der Waals surface area (Å²) in [6.07, 6.45) is -1.75. The molecule has 0 aromatic carbocycles. The van der Waals surface area contributed by atoms with E-state index < -0.39 is 72.3 Å². The molecule has 6 atom stereocenters. The zero-order valence-corrected chi connectivity index (χ0v) is 18.6. The van der Waals surface area contributed by atoms with Gasteiger partial charge in [0.05, 0.1) is 12.1 Å². The van der Waals surface area contributed by atoms with Gasteiger partial charge in [0.1, 0.15) is 18.1 Å². The highest BCUT2D eigenvalue weighted by Crippen LogP contribution is 2.09. The van der Waals surface area contributed by atoms with Crippen LogP contribution in [0, 0.1) is 5.92 Å². The lowest BCUT2D eigenvalue weighted by atomic mass is 9.98. The minimum absolute atomic E-state index is 0.0180. The first-order chi connectivity index (χ1) is 14.3. The molecule has 12 nitrogen and oxygen atoms in total. The van der Waals surface area contributed by atoms with E-state index in [0.29, 0.717) is 6.42 Å². The molecule has 6 unspecified atom stereocenters. The molecule has 0 aliphatic heterocycles. The van der Waals surface area contributed by atoms with Gasteiger partial charge in [-0.25, -0.2) is 4.79 Å². The summed E-state index contributed by atoms with van der Waals surface area (Å²) in [6.45, 7) is 4.59. The second-order valence-electron chi connectivity index (χ2n) is 7.22. The van der Waals surface area contributed by atoms with Crippen molar-refractivity contribution >= 4 is 42.3 Å². The summed E-state index contributed by atoms with van der Waals surface area (Å²) < 4.78 is 0. The Morgan fingerprint density at radius 2 is 1.48 bits per heavy atom. The summed E-state index contributed by atoms with van der Waals surface area (Å²) in [5, 5.41) is 35.0. The van der Waals surface area contributed by atoms with Gasteiger partial charge in [-0.1, -0.05) is 20.3 Å². The average molecular weight is 465 g/mol. The number of aliphatic carboxylic acids is 2. The first kappa shape index (κ1) is 28.6. The first-order valence-corrected chi connectivity index (χ1v) is 10.4. The summed E-state index contributed by atoms with van der Waals surface area (Å²) in [5.74, 6) is -5.57. The maximum Gasteiger partial charge on any atom is 0.326 e. The fourth-order valence-corrected chi connectivity index (χ4v) is 2.65. The Labute approximate surface area is 185 Å². The number of carbonyl (C=O) groups excluding carboxylic acids is 3. The van der Waals surface area contributed by atoms with Crippen molar-refractivity contribution in [2.75, 3.05) is 5.75 Å². The largest absolute Gasteiger partial charge is 0.481 e. The van der Waals surface area contributed by atoms with Crippen LogP contribution in [0.1, 0.15) is 40.0 Å². The number of carboxylic acids is 2. The number of aliphatic hydroxyl groups excluding tert-OH is 1. The Balaban J connectivity index is 5.52. The quantitative estimate of drug-likeness (QED) is 0.134. The molecule has 8 N–H and O–H groups in total. The maximum atomic E-state index is 12.6. The number of carboxylic acid groups (broad SMARTS) is 2. The number of nitrogens with one attached hydrogen (secondary N) is 3. The van der Waals surface area contributed by atoms with Crippen LogP contribution in [0.15, 0.2) is 0 Å². The molecule has 0 bridgehead atoms. The number of aliphatic hydroxyl groups is 1. The number of carbonyl (C=O) groups is 5. The molecule has 0 aliphatic rings. The lowest BCUT2D eigenvalue weighted by molar-refractivity contribution is -0.144. The molecule has 0 heterocycles. The number of thiol groups is 1. The predicted molar refractivity (Wildman–Crippen MR) is 113 cm³/mol. The van der Waals surface area contributed by atoms with Crippen LogP contribution < -0.4 is 21.7 Å². The van der Waals surface area contributed by atoms with Crippen molar-refractivity contribution in [3.63, 3.8) is 0 Å². The molecule has 0 rings (SSSR count). The monoisotopic (exact) mass is 464 g/mol. The molecular formula is C18H32N4O8S. The van der Waals surface area contributed by atoms with E-state index in [-0.39, 0.29) is 12.2 Å². The van der Waals surface area contributed by atoms with Crippen LogP contribution in [-0.4, -0.2) is 81.0 Å². The smallest absolute Gasteiger partial charge is 0.326 e. The number of hydrogen-bond acceptors (Lipinski definition) is 8. The van der Waals surface area contributed by atoms with Crippen LogP contribution >= 0.6 is 12.6 Å². The Bertz CT molecular complexity index is 660. The maximum absolute atomic E-state index is 12.6. The van der Waals surface area contributed by atoms with E-state index in [0.717, 1.165) is 0 Å². The lowest BCUT2D eigenvalue weighted by Gasteiger charge is -2.27. The summed E-state index contributed by atoms with van der Waals surface area (Å²) >= 11 is 3.88. The summed E-state index contributed by atoms with van der Waals surface area (Å²) in [4.78, 5) is 59.6. The molecule has 0 aromatic heterocycles. The Kier molecular flexibility index (Phi) is 12.8. The standard InChI is InChI=1S/C18H32N4O8S/c1-4-8(2)13(18(29)30)21-16(27)11(5-6-12(24)25)20-17(28)14(9(3)23)22-15(26)10(19)7-31/h8-11,13-14,23,31H,4-7,19H2,1-3H3,(H,20,28)(H,21,27)(H,22,26)(H,24,25)(H,29,30). The van der Waals surface area contributed by atoms with E-state index in [1.165, 1.54) is 6.92 Å². The minimum Gasteiger partial charge on any atom is -0.481 e.